The topological polar surface area (TPSA) is 26.3 Å². The Balaban J connectivity index is 0.000000473. The van der Waals surface area contributed by atoms with Crippen molar-refractivity contribution < 1.29 is 9.53 Å². The van der Waals surface area contributed by atoms with Crippen molar-refractivity contribution in [2.45, 2.75) is 40.5 Å². The van der Waals surface area contributed by atoms with Gasteiger partial charge in [-0.1, -0.05) is 28.9 Å². The molecule has 182 valence electrons. The van der Waals surface area contributed by atoms with Crippen LogP contribution in [0.25, 0.3) is 0 Å². The average Bonchev–Trinajstić information content (AvgIpc) is 3.29. The van der Waals surface area contributed by atoms with Crippen LogP contribution in [0.2, 0.25) is 0 Å². The number of rotatable bonds is 2. The fourth-order valence-electron chi connectivity index (χ4n) is 2.39. The van der Waals surface area contributed by atoms with Crippen molar-refractivity contribution in [1.29, 1.82) is 0 Å². The third kappa shape index (κ3) is 17.0. The maximum Gasteiger partial charge on any atom is 0.153 e. The number of carbonyl (C=O) groups is 1. The zero-order valence-corrected chi connectivity index (χ0v) is 29.1. The van der Waals surface area contributed by atoms with E-state index in [1.54, 1.807) is 95.9 Å². The molecule has 0 heterocycles. The normalized spacial score (nSPS) is 13.4. The molecule has 2 aliphatic rings. The lowest BCUT2D eigenvalue weighted by Gasteiger charge is -2.01. The molecule has 0 saturated carbocycles. The van der Waals surface area contributed by atoms with Crippen LogP contribution in [0.15, 0.2) is 45.8 Å². The number of aldehydes is 1. The molecule has 0 radical (unpaired) electrons. The summed E-state index contributed by atoms with van der Waals surface area (Å²) in [5, 5.41) is 0. The molecule has 32 heavy (non-hydrogen) atoms. The molecule has 0 aromatic carbocycles. The molecular weight excluding hydrogens is 673 g/mol. The van der Waals surface area contributed by atoms with Crippen LogP contribution in [-0.4, -0.2) is 13.4 Å². The predicted molar refractivity (Wildman–Crippen MR) is 178 cm³/mol. The summed E-state index contributed by atoms with van der Waals surface area (Å²) in [7, 11) is 21.5. The molecule has 16 heteroatoms. The number of ether oxygens (including phenoxy) is 1. The van der Waals surface area contributed by atoms with Gasteiger partial charge in [-0.25, -0.2) is 0 Å². The van der Waals surface area contributed by atoms with Gasteiger partial charge in [-0.15, -0.1) is 0 Å². The fraction of sp³-hybridized carbons (Fsp3) is 0.438. The molecule has 0 aliphatic heterocycles. The first kappa shape index (κ1) is 33.5. The Hall–Kier alpha value is 1.51. The first-order chi connectivity index (χ1) is 15.4. The number of carbonyl (C=O) groups excluding carboxylic acids is 1. The van der Waals surface area contributed by atoms with Gasteiger partial charge in [0.05, 0.1) is 12.7 Å². The zero-order valence-electron chi connectivity index (χ0n) is 17.7. The number of methoxy groups -OCH3 is 1. The standard InChI is InChI=1S/C9H12O2.C7H10.S14/c1-6-4-7(2)9(11-3)8(6)5-10;1-6-3-4-7(2)5-6;1-3-5-7-9-11-13-14-12-10-8-6-4-2/h5H,4H2,1-3H3;3-4H,5H2,1-2H3;. The van der Waals surface area contributed by atoms with Gasteiger partial charge >= 0.3 is 0 Å². The van der Waals surface area contributed by atoms with Crippen LogP contribution < -0.4 is 0 Å². The summed E-state index contributed by atoms with van der Waals surface area (Å²) in [6.45, 7) is 8.26. The second-order valence-electron chi connectivity index (χ2n) is 5.82. The van der Waals surface area contributed by atoms with E-state index in [2.05, 4.69) is 26.0 Å². The molecule has 0 amide bonds. The quantitative estimate of drug-likeness (QED) is 0.408. The molecule has 0 saturated heterocycles. The van der Waals surface area contributed by atoms with Crippen molar-refractivity contribution in [1.82, 2.24) is 0 Å². The van der Waals surface area contributed by atoms with Gasteiger partial charge in [0.1, 0.15) is 5.76 Å². The fourth-order valence-corrected chi connectivity index (χ4v) is 29.8. The maximum atomic E-state index is 10.6. The summed E-state index contributed by atoms with van der Waals surface area (Å²) < 4.78 is 5.09. The lowest BCUT2D eigenvalue weighted by atomic mass is 10.2. The van der Waals surface area contributed by atoms with Gasteiger partial charge in [0.15, 0.2) is 6.29 Å². The molecule has 0 unspecified atom stereocenters. The first-order valence-corrected chi connectivity index (χ1v) is 25.7. The Kier molecular flexibility index (Phi) is 24.0. The van der Waals surface area contributed by atoms with Crippen molar-refractivity contribution in [3.63, 3.8) is 0 Å². The molecule has 0 aromatic rings. The Labute approximate surface area is 234 Å². The van der Waals surface area contributed by atoms with Crippen LogP contribution in [0.5, 0.6) is 0 Å². The van der Waals surface area contributed by atoms with Crippen molar-refractivity contribution >= 4 is 135 Å². The number of hydrogen-bond acceptors (Lipinski definition) is 4. The van der Waals surface area contributed by atoms with E-state index in [9.17, 15) is 4.79 Å². The van der Waals surface area contributed by atoms with Crippen LogP contribution in [0.3, 0.4) is 0 Å². The molecule has 2 nitrogen and oxygen atoms in total. The second kappa shape index (κ2) is 22.9. The van der Waals surface area contributed by atoms with E-state index in [0.717, 1.165) is 35.2 Å². The van der Waals surface area contributed by atoms with Gasteiger partial charge in [0.2, 0.25) is 0 Å². The summed E-state index contributed by atoms with van der Waals surface area (Å²) in [5.41, 5.74) is 5.95. The maximum absolute atomic E-state index is 10.6. The van der Waals surface area contributed by atoms with Crippen molar-refractivity contribution in [2.75, 3.05) is 7.11 Å². The average molecular weight is 695 g/mol. The number of hydrogen-bond donors (Lipinski definition) is 0. The van der Waals surface area contributed by atoms with E-state index < -0.39 is 0 Å². The lowest BCUT2D eigenvalue weighted by molar-refractivity contribution is -0.105. The Morgan fingerprint density at radius 3 is 1.38 bits per heavy atom. The summed E-state index contributed by atoms with van der Waals surface area (Å²) in [6, 6.07) is 0. The van der Waals surface area contributed by atoms with E-state index in [-0.39, 0.29) is 0 Å². The van der Waals surface area contributed by atoms with E-state index in [1.807, 2.05) is 13.8 Å². The Morgan fingerprint density at radius 1 is 0.719 bits per heavy atom. The predicted octanol–water partition coefficient (Wildman–Crippen LogP) is 4.08. The van der Waals surface area contributed by atoms with Gasteiger partial charge in [0.25, 0.3) is 0 Å². The largest absolute Gasteiger partial charge is 0.496 e. The SMILES string of the molecule is CC1=CC=C(C)C1.COC1=C(C)CC(C)=C1C=O.S=S=S=S=S=S=S=S=S=S=S=S=S=S. The highest BCUT2D eigenvalue weighted by atomic mass is 33.5. The Bertz CT molecular complexity index is 1250. The van der Waals surface area contributed by atoms with Gasteiger partial charge in [-0.2, -0.15) is 0 Å². The van der Waals surface area contributed by atoms with Gasteiger partial charge in [0, 0.05) is 129 Å². The van der Waals surface area contributed by atoms with Crippen molar-refractivity contribution in [3.8, 4) is 0 Å². The molecule has 2 rings (SSSR count). The Morgan fingerprint density at radius 2 is 1.12 bits per heavy atom. The van der Waals surface area contributed by atoms with Crippen LogP contribution in [0.1, 0.15) is 40.5 Å². The molecular formula is C16H22O2S14. The minimum Gasteiger partial charge on any atom is -0.496 e. The minimum atomic E-state index is 0.727. The molecule has 0 atom stereocenters. The highest BCUT2D eigenvalue weighted by molar-refractivity contribution is 8.76. The molecule has 0 spiro atoms. The van der Waals surface area contributed by atoms with Crippen LogP contribution in [0, 0.1) is 0 Å². The highest BCUT2D eigenvalue weighted by Gasteiger charge is 2.18. The van der Waals surface area contributed by atoms with E-state index in [1.165, 1.54) is 35.3 Å². The molecule has 2 aliphatic carbocycles. The van der Waals surface area contributed by atoms with Crippen molar-refractivity contribution in [2.24, 2.45) is 0 Å². The van der Waals surface area contributed by atoms with E-state index in [4.69, 9.17) is 27.1 Å². The van der Waals surface area contributed by atoms with Crippen molar-refractivity contribution in [3.05, 3.63) is 45.8 Å². The van der Waals surface area contributed by atoms with E-state index in [0.29, 0.717) is 0 Å². The third-order valence-corrected chi connectivity index (χ3v) is 27.9. The smallest absolute Gasteiger partial charge is 0.153 e. The van der Waals surface area contributed by atoms with Gasteiger partial charge in [-0.3, -0.25) is 4.79 Å². The monoisotopic (exact) mass is 694 g/mol. The van der Waals surface area contributed by atoms with Crippen LogP contribution in [-0.2, 0) is 138 Å². The molecule has 0 aromatic heterocycles. The third-order valence-electron chi connectivity index (χ3n) is 3.46. The van der Waals surface area contributed by atoms with Gasteiger partial charge < -0.3 is 4.74 Å². The minimum absolute atomic E-state index is 0.727. The molecule has 0 N–H and O–H groups in total. The highest BCUT2D eigenvalue weighted by Crippen LogP contribution is 2.30. The van der Waals surface area contributed by atoms with Crippen LogP contribution >= 0.6 is 0 Å². The molecule has 0 fully saturated rings. The summed E-state index contributed by atoms with van der Waals surface area (Å²) in [4.78, 5) is 10.6. The first-order valence-electron chi connectivity index (χ1n) is 8.38. The van der Waals surface area contributed by atoms with E-state index >= 15 is 0 Å². The second-order valence-corrected chi connectivity index (χ2v) is 27.1. The van der Waals surface area contributed by atoms with Crippen LogP contribution in [0.4, 0.5) is 0 Å². The summed E-state index contributed by atoms with van der Waals surface area (Å²) in [5.74, 6) is 0.762. The zero-order chi connectivity index (χ0) is 24.2. The van der Waals surface area contributed by atoms with Gasteiger partial charge in [-0.05, 0) is 46.1 Å². The number of allylic oxidation sites excluding steroid dienone is 7. The summed E-state index contributed by atoms with van der Waals surface area (Å²) in [6.07, 6.45) is 7.28. The molecule has 0 bridgehead atoms. The lowest BCUT2D eigenvalue weighted by Crippen LogP contribution is -1.92. The summed E-state index contributed by atoms with van der Waals surface area (Å²) >= 11 is 9.43.